The molecule has 0 radical (unpaired) electrons. The number of aliphatic hydroxyl groups is 1. The van der Waals surface area contributed by atoms with Gasteiger partial charge in [0.2, 0.25) is 0 Å². The van der Waals surface area contributed by atoms with Crippen LogP contribution in [-0.4, -0.2) is 30.8 Å². The quantitative estimate of drug-likeness (QED) is 0.676. The van der Waals surface area contributed by atoms with Gasteiger partial charge >= 0.3 is 0 Å². The van der Waals surface area contributed by atoms with Crippen LogP contribution in [0.4, 0.5) is 8.78 Å². The minimum atomic E-state index is -2.70. The van der Waals surface area contributed by atoms with Crippen molar-refractivity contribution in [3.05, 3.63) is 0 Å². The van der Waals surface area contributed by atoms with Crippen molar-refractivity contribution < 1.29 is 18.6 Å². The van der Waals surface area contributed by atoms with Gasteiger partial charge in [-0.05, 0) is 18.8 Å². The molecule has 11 heavy (non-hydrogen) atoms. The molecule has 0 aromatic rings. The molecule has 0 aromatic carbocycles. The summed E-state index contributed by atoms with van der Waals surface area (Å²) in [6, 6.07) is 0. The summed E-state index contributed by atoms with van der Waals surface area (Å²) < 4.78 is 29.0. The van der Waals surface area contributed by atoms with Crippen LogP contribution in [0.2, 0.25) is 0 Å². The zero-order valence-corrected chi connectivity index (χ0v) is 6.39. The van der Waals surface area contributed by atoms with E-state index in [-0.39, 0.29) is 12.5 Å². The van der Waals surface area contributed by atoms with E-state index in [0.29, 0.717) is 12.8 Å². The molecule has 1 rings (SSSR count). The number of alkyl halides is 2. The largest absolute Gasteiger partial charge is 0.381 e. The fourth-order valence-electron chi connectivity index (χ4n) is 1.17. The average Bonchev–Trinajstić information content (AvgIpc) is 2.68. The van der Waals surface area contributed by atoms with E-state index in [1.807, 2.05) is 0 Å². The van der Waals surface area contributed by atoms with Gasteiger partial charge in [0, 0.05) is 7.11 Å². The Morgan fingerprint density at radius 3 is 2.45 bits per heavy atom. The van der Waals surface area contributed by atoms with Crippen molar-refractivity contribution in [2.75, 3.05) is 13.7 Å². The predicted molar refractivity (Wildman–Crippen MR) is 35.6 cm³/mol. The summed E-state index contributed by atoms with van der Waals surface area (Å²) in [5.74, 6) is -0.262. The van der Waals surface area contributed by atoms with E-state index in [9.17, 15) is 13.9 Å². The Kier molecular flexibility index (Phi) is 2.44. The van der Waals surface area contributed by atoms with Crippen molar-refractivity contribution in [1.82, 2.24) is 0 Å². The van der Waals surface area contributed by atoms with Crippen LogP contribution in [0.25, 0.3) is 0 Å². The van der Waals surface area contributed by atoms with Crippen molar-refractivity contribution in [3.8, 4) is 0 Å². The number of rotatable bonds is 4. The molecule has 0 aliphatic heterocycles. The smallest absolute Gasteiger partial charge is 0.269 e. The SMILES string of the molecule is COC[C@](O)(C(F)F)C1CC1. The van der Waals surface area contributed by atoms with Crippen LogP contribution in [-0.2, 0) is 4.74 Å². The highest BCUT2D eigenvalue weighted by Crippen LogP contribution is 2.42. The van der Waals surface area contributed by atoms with Crippen LogP contribution >= 0.6 is 0 Å². The molecular formula is C7H12F2O2. The van der Waals surface area contributed by atoms with Gasteiger partial charge in [-0.15, -0.1) is 0 Å². The molecule has 0 amide bonds. The van der Waals surface area contributed by atoms with Crippen LogP contribution in [0, 0.1) is 5.92 Å². The minimum Gasteiger partial charge on any atom is -0.381 e. The Morgan fingerprint density at radius 1 is 1.64 bits per heavy atom. The normalized spacial score (nSPS) is 23.7. The van der Waals surface area contributed by atoms with Gasteiger partial charge in [0.1, 0.15) is 0 Å². The number of hydrogen-bond acceptors (Lipinski definition) is 2. The van der Waals surface area contributed by atoms with Gasteiger partial charge in [0.15, 0.2) is 5.60 Å². The van der Waals surface area contributed by atoms with Gasteiger partial charge in [-0.2, -0.15) is 0 Å². The highest BCUT2D eigenvalue weighted by molar-refractivity contribution is 4.96. The van der Waals surface area contributed by atoms with E-state index in [0.717, 1.165) is 0 Å². The molecule has 1 aliphatic rings. The standard InChI is InChI=1S/C7H12F2O2/c1-11-4-7(10,6(8)9)5-2-3-5/h5-6,10H,2-4H2,1H3/t7-/m1/s1. The lowest BCUT2D eigenvalue weighted by molar-refractivity contribution is -0.143. The fraction of sp³-hybridized carbons (Fsp3) is 1.00. The van der Waals surface area contributed by atoms with Gasteiger partial charge in [-0.1, -0.05) is 0 Å². The van der Waals surface area contributed by atoms with E-state index in [1.54, 1.807) is 0 Å². The Labute approximate surface area is 64.2 Å². The van der Waals surface area contributed by atoms with Crippen molar-refractivity contribution in [2.45, 2.75) is 24.9 Å². The first-order valence-corrected chi connectivity index (χ1v) is 3.60. The first-order valence-electron chi connectivity index (χ1n) is 3.60. The number of ether oxygens (including phenoxy) is 1. The van der Waals surface area contributed by atoms with Crippen LogP contribution in [0.15, 0.2) is 0 Å². The summed E-state index contributed by atoms with van der Waals surface area (Å²) in [5, 5.41) is 9.35. The Bertz CT molecular complexity index is 132. The molecule has 1 aliphatic carbocycles. The second-order valence-corrected chi connectivity index (χ2v) is 3.00. The molecule has 0 saturated heterocycles. The molecule has 0 heterocycles. The van der Waals surface area contributed by atoms with E-state index >= 15 is 0 Å². The summed E-state index contributed by atoms with van der Waals surface area (Å²) >= 11 is 0. The zero-order chi connectivity index (χ0) is 8.48. The molecule has 0 aromatic heterocycles. The maximum atomic E-state index is 12.2. The summed E-state index contributed by atoms with van der Waals surface area (Å²) in [6.45, 7) is -0.269. The summed E-state index contributed by atoms with van der Waals surface area (Å²) in [6.07, 6.45) is -1.33. The van der Waals surface area contributed by atoms with E-state index < -0.39 is 12.0 Å². The third kappa shape index (κ3) is 1.68. The molecule has 2 nitrogen and oxygen atoms in total. The summed E-state index contributed by atoms with van der Waals surface area (Å²) in [4.78, 5) is 0. The predicted octanol–water partition coefficient (Wildman–Crippen LogP) is 1.04. The second kappa shape index (κ2) is 3.03. The van der Waals surface area contributed by atoms with Crippen molar-refractivity contribution in [2.24, 2.45) is 5.92 Å². The van der Waals surface area contributed by atoms with Crippen LogP contribution in [0.3, 0.4) is 0 Å². The Balaban J connectivity index is 2.53. The van der Waals surface area contributed by atoms with Crippen molar-refractivity contribution >= 4 is 0 Å². The lowest BCUT2D eigenvalue weighted by Crippen LogP contribution is -2.44. The molecule has 1 fully saturated rings. The van der Waals surface area contributed by atoms with Crippen LogP contribution in [0.5, 0.6) is 0 Å². The molecule has 1 saturated carbocycles. The highest BCUT2D eigenvalue weighted by Gasteiger charge is 2.50. The monoisotopic (exact) mass is 166 g/mol. The molecule has 0 bridgehead atoms. The van der Waals surface area contributed by atoms with Crippen LogP contribution in [0.1, 0.15) is 12.8 Å². The highest BCUT2D eigenvalue weighted by atomic mass is 19.3. The third-order valence-electron chi connectivity index (χ3n) is 2.04. The second-order valence-electron chi connectivity index (χ2n) is 3.00. The van der Waals surface area contributed by atoms with Crippen molar-refractivity contribution in [3.63, 3.8) is 0 Å². The lowest BCUT2D eigenvalue weighted by Gasteiger charge is -2.25. The van der Waals surface area contributed by atoms with Gasteiger partial charge in [0.25, 0.3) is 6.43 Å². The molecule has 4 heteroatoms. The molecular weight excluding hydrogens is 154 g/mol. The average molecular weight is 166 g/mol. The first-order chi connectivity index (χ1) is 5.11. The molecule has 66 valence electrons. The summed E-state index contributed by atoms with van der Waals surface area (Å²) in [5.41, 5.74) is -1.89. The molecule has 0 spiro atoms. The Hall–Kier alpha value is -0.220. The van der Waals surface area contributed by atoms with Gasteiger partial charge in [0.05, 0.1) is 6.61 Å². The maximum absolute atomic E-state index is 12.2. The van der Waals surface area contributed by atoms with E-state index in [4.69, 9.17) is 0 Å². The summed E-state index contributed by atoms with van der Waals surface area (Å²) in [7, 11) is 1.32. The van der Waals surface area contributed by atoms with E-state index in [1.165, 1.54) is 7.11 Å². The first kappa shape index (κ1) is 8.87. The Morgan fingerprint density at radius 2 is 2.18 bits per heavy atom. The molecule has 0 unspecified atom stereocenters. The minimum absolute atomic E-state index is 0.262. The van der Waals surface area contributed by atoms with Gasteiger partial charge < -0.3 is 9.84 Å². The topological polar surface area (TPSA) is 29.5 Å². The number of halogens is 2. The molecule has 1 atom stereocenters. The van der Waals surface area contributed by atoms with E-state index in [2.05, 4.69) is 4.74 Å². The third-order valence-corrected chi connectivity index (χ3v) is 2.04. The number of hydrogen-bond donors (Lipinski definition) is 1. The fourth-order valence-corrected chi connectivity index (χ4v) is 1.17. The van der Waals surface area contributed by atoms with Gasteiger partial charge in [-0.25, -0.2) is 8.78 Å². The number of methoxy groups -OCH3 is 1. The van der Waals surface area contributed by atoms with Gasteiger partial charge in [-0.3, -0.25) is 0 Å². The zero-order valence-electron chi connectivity index (χ0n) is 6.39. The maximum Gasteiger partial charge on any atom is 0.269 e. The lowest BCUT2D eigenvalue weighted by atomic mass is 10.00. The van der Waals surface area contributed by atoms with Crippen molar-refractivity contribution in [1.29, 1.82) is 0 Å². The molecule has 1 N–H and O–H groups in total. The van der Waals surface area contributed by atoms with Crippen LogP contribution < -0.4 is 0 Å².